The van der Waals surface area contributed by atoms with E-state index in [0.717, 1.165) is 11.1 Å². The van der Waals surface area contributed by atoms with Crippen LogP contribution in [0.25, 0.3) is 0 Å². The van der Waals surface area contributed by atoms with E-state index in [2.05, 4.69) is 5.32 Å². The van der Waals surface area contributed by atoms with Crippen molar-refractivity contribution in [2.75, 3.05) is 26.8 Å². The number of rotatable bonds is 5. The Morgan fingerprint density at radius 1 is 1.15 bits per heavy atom. The van der Waals surface area contributed by atoms with Gasteiger partial charge >= 0.3 is 0 Å². The van der Waals surface area contributed by atoms with E-state index in [9.17, 15) is 9.59 Å². The molecule has 0 spiro atoms. The summed E-state index contributed by atoms with van der Waals surface area (Å²) in [5.74, 6) is 0.644. The van der Waals surface area contributed by atoms with E-state index < -0.39 is 6.04 Å². The van der Waals surface area contributed by atoms with Gasteiger partial charge in [-0.15, -0.1) is 0 Å². The second-order valence-electron chi connectivity index (χ2n) is 6.13. The van der Waals surface area contributed by atoms with Crippen LogP contribution in [0.1, 0.15) is 17.2 Å². The van der Waals surface area contributed by atoms with E-state index in [4.69, 9.17) is 9.47 Å². The molecule has 136 valence electrons. The van der Waals surface area contributed by atoms with E-state index in [1.165, 1.54) is 0 Å². The van der Waals surface area contributed by atoms with Crippen LogP contribution in [0.15, 0.2) is 48.5 Å². The molecule has 2 aromatic rings. The standard InChI is InChI=1S/C20H22N2O4/c1-14-7-9-15(10-8-14)19-20(24)21-11-12-22(19)18(23)13-26-17-6-4-3-5-16(17)25-2/h3-10,19H,11-13H2,1-2H3,(H,21,24). The number of ether oxygens (including phenoxy) is 2. The molecule has 2 amide bonds. The molecule has 1 aliphatic rings. The van der Waals surface area contributed by atoms with Crippen molar-refractivity contribution in [1.29, 1.82) is 0 Å². The van der Waals surface area contributed by atoms with Crippen LogP contribution in [0, 0.1) is 6.92 Å². The largest absolute Gasteiger partial charge is 0.493 e. The number of amides is 2. The summed E-state index contributed by atoms with van der Waals surface area (Å²) in [5, 5.41) is 2.83. The van der Waals surface area contributed by atoms with Crippen LogP contribution in [0.2, 0.25) is 0 Å². The number of carbonyl (C=O) groups excluding carboxylic acids is 2. The number of methoxy groups -OCH3 is 1. The SMILES string of the molecule is COc1ccccc1OCC(=O)N1CCNC(=O)C1c1ccc(C)cc1. The second kappa shape index (κ2) is 7.91. The highest BCUT2D eigenvalue weighted by Crippen LogP contribution is 2.27. The lowest BCUT2D eigenvalue weighted by molar-refractivity contribution is -0.145. The zero-order valence-corrected chi connectivity index (χ0v) is 14.9. The minimum absolute atomic E-state index is 0.157. The number of hydrogen-bond acceptors (Lipinski definition) is 4. The summed E-state index contributed by atoms with van der Waals surface area (Å²) in [6.07, 6.45) is 0. The molecule has 1 heterocycles. The average Bonchev–Trinajstić information content (AvgIpc) is 2.67. The monoisotopic (exact) mass is 354 g/mol. The first-order valence-electron chi connectivity index (χ1n) is 8.49. The van der Waals surface area contributed by atoms with Crippen LogP contribution < -0.4 is 14.8 Å². The molecular weight excluding hydrogens is 332 g/mol. The Morgan fingerprint density at radius 3 is 2.54 bits per heavy atom. The first-order valence-corrected chi connectivity index (χ1v) is 8.49. The summed E-state index contributed by atoms with van der Waals surface area (Å²) < 4.78 is 10.9. The van der Waals surface area contributed by atoms with Crippen molar-refractivity contribution in [3.63, 3.8) is 0 Å². The number of nitrogens with zero attached hydrogens (tertiary/aromatic N) is 1. The Bertz CT molecular complexity index is 789. The van der Waals surface area contributed by atoms with Crippen LogP contribution >= 0.6 is 0 Å². The van der Waals surface area contributed by atoms with Gasteiger partial charge in [-0.3, -0.25) is 9.59 Å². The van der Waals surface area contributed by atoms with Crippen LogP contribution in [-0.4, -0.2) is 43.5 Å². The third kappa shape index (κ3) is 3.79. The smallest absolute Gasteiger partial charge is 0.261 e. The molecule has 26 heavy (non-hydrogen) atoms. The predicted molar refractivity (Wildman–Crippen MR) is 97.1 cm³/mol. The molecule has 6 heteroatoms. The lowest BCUT2D eigenvalue weighted by Crippen LogP contribution is -2.53. The molecule has 0 saturated carbocycles. The number of benzene rings is 2. The molecular formula is C20H22N2O4. The summed E-state index contributed by atoms with van der Waals surface area (Å²) in [5.41, 5.74) is 1.89. The van der Waals surface area contributed by atoms with Gasteiger partial charge in [0.2, 0.25) is 5.91 Å². The summed E-state index contributed by atoms with van der Waals surface area (Å²) >= 11 is 0. The fraction of sp³-hybridized carbons (Fsp3) is 0.300. The Kier molecular flexibility index (Phi) is 5.41. The van der Waals surface area contributed by atoms with Gasteiger partial charge in [0, 0.05) is 13.1 Å². The van der Waals surface area contributed by atoms with Crippen LogP contribution in [0.3, 0.4) is 0 Å². The quantitative estimate of drug-likeness (QED) is 0.893. The highest BCUT2D eigenvalue weighted by molar-refractivity contribution is 5.90. The van der Waals surface area contributed by atoms with Gasteiger partial charge in [0.05, 0.1) is 7.11 Å². The summed E-state index contributed by atoms with van der Waals surface area (Å²) in [6, 6.07) is 14.1. The van der Waals surface area contributed by atoms with Crippen molar-refractivity contribution in [3.05, 3.63) is 59.7 Å². The molecule has 1 atom stereocenters. The van der Waals surface area contributed by atoms with E-state index >= 15 is 0 Å². The van der Waals surface area contributed by atoms with E-state index in [1.54, 1.807) is 24.1 Å². The van der Waals surface area contributed by atoms with Crippen LogP contribution in [0.4, 0.5) is 0 Å². The molecule has 0 bridgehead atoms. The topological polar surface area (TPSA) is 67.9 Å². The molecule has 2 aromatic carbocycles. The molecule has 3 rings (SSSR count). The molecule has 1 fully saturated rings. The Morgan fingerprint density at radius 2 is 1.85 bits per heavy atom. The fourth-order valence-corrected chi connectivity index (χ4v) is 2.98. The molecule has 1 N–H and O–H groups in total. The van der Waals surface area contributed by atoms with E-state index in [0.29, 0.717) is 24.6 Å². The molecule has 0 radical (unpaired) electrons. The normalized spacial score (nSPS) is 16.8. The third-order valence-electron chi connectivity index (χ3n) is 4.35. The van der Waals surface area contributed by atoms with Crippen molar-refractivity contribution in [1.82, 2.24) is 10.2 Å². The van der Waals surface area contributed by atoms with Gasteiger partial charge < -0.3 is 19.7 Å². The lowest BCUT2D eigenvalue weighted by atomic mass is 10.0. The molecule has 1 saturated heterocycles. The predicted octanol–water partition coefficient (Wildman–Crippen LogP) is 2.08. The van der Waals surface area contributed by atoms with Crippen molar-refractivity contribution in [3.8, 4) is 11.5 Å². The first kappa shape index (κ1) is 17.8. The van der Waals surface area contributed by atoms with Crippen LogP contribution in [-0.2, 0) is 9.59 Å². The number of nitrogens with one attached hydrogen (secondary N) is 1. The second-order valence-corrected chi connectivity index (χ2v) is 6.13. The van der Waals surface area contributed by atoms with Gasteiger partial charge in [0.25, 0.3) is 5.91 Å². The minimum Gasteiger partial charge on any atom is -0.493 e. The first-order chi connectivity index (χ1) is 12.6. The molecule has 0 aliphatic carbocycles. The number of carbonyl (C=O) groups is 2. The summed E-state index contributed by atoms with van der Waals surface area (Å²) in [6.45, 7) is 2.70. The van der Waals surface area contributed by atoms with Crippen molar-refractivity contribution in [2.45, 2.75) is 13.0 Å². The summed E-state index contributed by atoms with van der Waals surface area (Å²) in [4.78, 5) is 26.7. The van der Waals surface area contributed by atoms with Crippen LogP contribution in [0.5, 0.6) is 11.5 Å². The number of para-hydroxylation sites is 2. The fourth-order valence-electron chi connectivity index (χ4n) is 2.98. The van der Waals surface area contributed by atoms with Crippen molar-refractivity contribution < 1.29 is 19.1 Å². The Balaban J connectivity index is 1.75. The number of hydrogen-bond donors (Lipinski definition) is 1. The van der Waals surface area contributed by atoms with Gasteiger partial charge in [-0.25, -0.2) is 0 Å². The Labute approximate surface area is 152 Å². The zero-order chi connectivity index (χ0) is 18.5. The number of piperazine rings is 1. The minimum atomic E-state index is -0.641. The van der Waals surface area contributed by atoms with Gasteiger partial charge in [0.1, 0.15) is 6.04 Å². The third-order valence-corrected chi connectivity index (χ3v) is 4.35. The molecule has 1 unspecified atom stereocenters. The van der Waals surface area contributed by atoms with Crippen molar-refractivity contribution in [2.24, 2.45) is 0 Å². The number of aryl methyl sites for hydroxylation is 1. The van der Waals surface area contributed by atoms with Gasteiger partial charge in [-0.2, -0.15) is 0 Å². The molecule has 0 aromatic heterocycles. The maximum atomic E-state index is 12.7. The van der Waals surface area contributed by atoms with Gasteiger partial charge in [-0.1, -0.05) is 42.0 Å². The highest BCUT2D eigenvalue weighted by Gasteiger charge is 2.34. The average molecular weight is 354 g/mol. The van der Waals surface area contributed by atoms with E-state index in [1.807, 2.05) is 43.3 Å². The zero-order valence-electron chi connectivity index (χ0n) is 14.9. The molecule has 6 nitrogen and oxygen atoms in total. The Hall–Kier alpha value is -3.02. The molecule has 1 aliphatic heterocycles. The van der Waals surface area contributed by atoms with Gasteiger partial charge in [-0.05, 0) is 24.6 Å². The van der Waals surface area contributed by atoms with E-state index in [-0.39, 0.29) is 18.4 Å². The summed E-state index contributed by atoms with van der Waals surface area (Å²) in [7, 11) is 1.55. The highest BCUT2D eigenvalue weighted by atomic mass is 16.5. The van der Waals surface area contributed by atoms with Gasteiger partial charge in [0.15, 0.2) is 18.1 Å². The van der Waals surface area contributed by atoms with Crippen molar-refractivity contribution >= 4 is 11.8 Å². The maximum Gasteiger partial charge on any atom is 0.261 e. The lowest BCUT2D eigenvalue weighted by Gasteiger charge is -2.35. The maximum absolute atomic E-state index is 12.7.